The van der Waals surface area contributed by atoms with Crippen LogP contribution in [0.4, 0.5) is 11.4 Å². The van der Waals surface area contributed by atoms with Crippen molar-refractivity contribution < 1.29 is 13.2 Å². The lowest BCUT2D eigenvalue weighted by molar-refractivity contribution is -0.117. The summed E-state index contributed by atoms with van der Waals surface area (Å²) in [6.45, 7) is 1.33. The molecule has 2 heterocycles. The molecule has 0 spiro atoms. The second kappa shape index (κ2) is 5.31. The number of amides is 1. The fraction of sp³-hybridized carbons (Fsp3) is 0.500. The lowest BCUT2D eigenvalue weighted by atomic mass is 10.1. The Bertz CT molecular complexity index is 666. The van der Waals surface area contributed by atoms with Crippen molar-refractivity contribution in [1.82, 2.24) is 5.32 Å². The van der Waals surface area contributed by atoms with Gasteiger partial charge >= 0.3 is 0 Å². The molecule has 1 saturated heterocycles. The molecule has 0 radical (unpaired) electrons. The number of sulfonamides is 1. The highest BCUT2D eigenvalue weighted by Gasteiger charge is 2.27. The first-order valence-corrected chi connectivity index (χ1v) is 8.95. The van der Waals surface area contributed by atoms with Crippen LogP contribution >= 0.6 is 0 Å². The fourth-order valence-corrected chi connectivity index (χ4v) is 3.86. The first-order valence-electron chi connectivity index (χ1n) is 7.10. The van der Waals surface area contributed by atoms with Gasteiger partial charge in [-0.1, -0.05) is 6.07 Å². The first kappa shape index (κ1) is 14.3. The Hall–Kier alpha value is -1.60. The van der Waals surface area contributed by atoms with Gasteiger partial charge in [0.1, 0.15) is 0 Å². The highest BCUT2D eigenvalue weighted by Crippen LogP contribution is 2.32. The summed E-state index contributed by atoms with van der Waals surface area (Å²) in [6.07, 6.45) is 3.76. The zero-order chi connectivity index (χ0) is 15.0. The van der Waals surface area contributed by atoms with Gasteiger partial charge in [-0.25, -0.2) is 8.42 Å². The molecule has 114 valence electrons. The molecule has 21 heavy (non-hydrogen) atoms. The molecule has 2 aliphatic heterocycles. The van der Waals surface area contributed by atoms with Gasteiger partial charge in [-0.2, -0.15) is 0 Å². The van der Waals surface area contributed by atoms with Gasteiger partial charge in [0.05, 0.1) is 18.0 Å². The minimum absolute atomic E-state index is 0.0589. The van der Waals surface area contributed by atoms with Crippen molar-refractivity contribution in [2.75, 3.05) is 29.0 Å². The lowest BCUT2D eigenvalue weighted by Gasteiger charge is -2.18. The summed E-state index contributed by atoms with van der Waals surface area (Å²) < 4.78 is 24.9. The average molecular weight is 309 g/mol. The van der Waals surface area contributed by atoms with Gasteiger partial charge in [0.25, 0.3) is 0 Å². The van der Waals surface area contributed by atoms with Crippen LogP contribution in [0, 0.1) is 0 Å². The molecule has 0 aliphatic carbocycles. The number of fused-ring (bicyclic) bond motifs is 1. The van der Waals surface area contributed by atoms with E-state index >= 15 is 0 Å². The maximum Gasteiger partial charge on any atom is 0.241 e. The van der Waals surface area contributed by atoms with Crippen LogP contribution in [0.5, 0.6) is 0 Å². The summed E-state index contributed by atoms with van der Waals surface area (Å²) in [5.41, 5.74) is 2.31. The number of anilines is 2. The van der Waals surface area contributed by atoms with Crippen LogP contribution in [-0.4, -0.2) is 39.7 Å². The molecule has 6 nitrogen and oxygen atoms in total. The van der Waals surface area contributed by atoms with Crippen LogP contribution < -0.4 is 14.9 Å². The molecule has 1 amide bonds. The highest BCUT2D eigenvalue weighted by atomic mass is 32.2. The summed E-state index contributed by atoms with van der Waals surface area (Å²) in [7, 11) is -3.27. The van der Waals surface area contributed by atoms with Crippen LogP contribution in [0.3, 0.4) is 0 Å². The van der Waals surface area contributed by atoms with Crippen molar-refractivity contribution in [1.29, 1.82) is 0 Å². The van der Waals surface area contributed by atoms with E-state index in [1.807, 2.05) is 12.1 Å². The number of nitrogens with zero attached hydrogens (tertiary/aromatic N) is 1. The zero-order valence-electron chi connectivity index (χ0n) is 11.9. The third kappa shape index (κ3) is 2.89. The Morgan fingerprint density at radius 3 is 2.90 bits per heavy atom. The standard InChI is InChI=1S/C14H19N3O3S/c1-21(19,20)17-8-6-10-4-5-11(9-13(10)17)16-14(18)12-3-2-7-15-12/h4-5,9,12,15H,2-3,6-8H2,1H3,(H,16,18)/t12-/m0/s1. The SMILES string of the molecule is CS(=O)(=O)N1CCc2ccc(NC(=O)[C@@H]3CCCN3)cc21. The second-order valence-corrected chi connectivity index (χ2v) is 7.47. The maximum atomic E-state index is 12.1. The molecule has 1 fully saturated rings. The summed E-state index contributed by atoms with van der Waals surface area (Å²) in [6, 6.07) is 5.32. The monoisotopic (exact) mass is 309 g/mol. The van der Waals surface area contributed by atoms with E-state index in [1.165, 1.54) is 10.6 Å². The molecule has 0 saturated carbocycles. The molecule has 7 heteroatoms. The fourth-order valence-electron chi connectivity index (χ4n) is 2.91. The molecule has 1 aromatic rings. The van der Waals surface area contributed by atoms with Crippen molar-refractivity contribution in [3.8, 4) is 0 Å². The molecule has 0 bridgehead atoms. The van der Waals surface area contributed by atoms with Crippen LogP contribution in [0.25, 0.3) is 0 Å². The smallest absolute Gasteiger partial charge is 0.241 e. The Labute approximate surface area is 124 Å². The Kier molecular flexibility index (Phi) is 3.62. The lowest BCUT2D eigenvalue weighted by Crippen LogP contribution is -2.35. The molecular formula is C14H19N3O3S. The van der Waals surface area contributed by atoms with Gasteiger partial charge < -0.3 is 10.6 Å². The van der Waals surface area contributed by atoms with Gasteiger partial charge in [-0.3, -0.25) is 9.10 Å². The minimum Gasteiger partial charge on any atom is -0.325 e. The number of carbonyl (C=O) groups is 1. The summed E-state index contributed by atoms with van der Waals surface area (Å²) in [5.74, 6) is -0.0589. The van der Waals surface area contributed by atoms with E-state index in [-0.39, 0.29) is 11.9 Å². The molecule has 1 atom stereocenters. The third-order valence-electron chi connectivity index (χ3n) is 3.98. The van der Waals surface area contributed by atoms with E-state index < -0.39 is 10.0 Å². The van der Waals surface area contributed by atoms with Gasteiger partial charge in [-0.15, -0.1) is 0 Å². The van der Waals surface area contributed by atoms with E-state index in [4.69, 9.17) is 0 Å². The first-order chi connectivity index (χ1) is 9.95. The summed E-state index contributed by atoms with van der Waals surface area (Å²) in [5, 5.41) is 6.01. The van der Waals surface area contributed by atoms with Crippen LogP contribution in [0.2, 0.25) is 0 Å². The minimum atomic E-state index is -3.27. The molecule has 2 aliphatic rings. The predicted octanol–water partition coefficient (Wildman–Crippen LogP) is 0.699. The van der Waals surface area contributed by atoms with Crippen LogP contribution in [-0.2, 0) is 21.2 Å². The quantitative estimate of drug-likeness (QED) is 0.861. The van der Waals surface area contributed by atoms with Crippen LogP contribution in [0.15, 0.2) is 18.2 Å². The Balaban J connectivity index is 1.81. The normalized spacial score (nSPS) is 21.4. The predicted molar refractivity (Wildman–Crippen MR) is 82.0 cm³/mol. The van der Waals surface area contributed by atoms with Crippen molar-refractivity contribution in [2.24, 2.45) is 0 Å². The summed E-state index contributed by atoms with van der Waals surface area (Å²) in [4.78, 5) is 12.1. The second-order valence-electron chi connectivity index (χ2n) is 5.57. The molecule has 1 aromatic carbocycles. The molecule has 2 N–H and O–H groups in total. The Morgan fingerprint density at radius 1 is 1.43 bits per heavy atom. The third-order valence-corrected chi connectivity index (χ3v) is 5.16. The number of hydrogen-bond acceptors (Lipinski definition) is 4. The van der Waals surface area contributed by atoms with E-state index in [0.717, 1.165) is 24.9 Å². The molecule has 3 rings (SSSR count). The summed E-state index contributed by atoms with van der Waals surface area (Å²) >= 11 is 0. The number of nitrogens with one attached hydrogen (secondary N) is 2. The van der Waals surface area contributed by atoms with Gasteiger partial charge in [0, 0.05) is 12.2 Å². The number of carbonyl (C=O) groups excluding carboxylic acids is 1. The topological polar surface area (TPSA) is 78.5 Å². The zero-order valence-corrected chi connectivity index (χ0v) is 12.7. The van der Waals surface area contributed by atoms with Gasteiger partial charge in [-0.05, 0) is 43.5 Å². The Morgan fingerprint density at radius 2 is 2.24 bits per heavy atom. The van der Waals surface area contributed by atoms with E-state index in [0.29, 0.717) is 24.3 Å². The number of hydrogen-bond donors (Lipinski definition) is 2. The number of rotatable bonds is 3. The van der Waals surface area contributed by atoms with Crippen molar-refractivity contribution in [2.45, 2.75) is 25.3 Å². The van der Waals surface area contributed by atoms with E-state index in [9.17, 15) is 13.2 Å². The number of benzene rings is 1. The van der Waals surface area contributed by atoms with Crippen molar-refractivity contribution >= 4 is 27.3 Å². The van der Waals surface area contributed by atoms with Crippen molar-refractivity contribution in [3.05, 3.63) is 23.8 Å². The highest BCUT2D eigenvalue weighted by molar-refractivity contribution is 7.92. The van der Waals surface area contributed by atoms with Gasteiger partial charge in [0.2, 0.25) is 15.9 Å². The van der Waals surface area contributed by atoms with E-state index in [2.05, 4.69) is 10.6 Å². The largest absolute Gasteiger partial charge is 0.325 e. The van der Waals surface area contributed by atoms with Gasteiger partial charge in [0.15, 0.2) is 0 Å². The van der Waals surface area contributed by atoms with Crippen molar-refractivity contribution in [3.63, 3.8) is 0 Å². The van der Waals surface area contributed by atoms with E-state index in [1.54, 1.807) is 6.07 Å². The average Bonchev–Trinajstić information content (AvgIpc) is 3.06. The molecular weight excluding hydrogens is 290 g/mol. The maximum absolute atomic E-state index is 12.1. The molecule has 0 unspecified atom stereocenters. The van der Waals surface area contributed by atoms with Crippen LogP contribution in [0.1, 0.15) is 18.4 Å². The molecule has 0 aromatic heterocycles.